The number of nitrogens with one attached hydrogen (secondary N) is 1. The fourth-order valence-electron chi connectivity index (χ4n) is 2.47. The van der Waals surface area contributed by atoms with Crippen LogP contribution in [0.3, 0.4) is 0 Å². The number of imidazole rings is 1. The molecule has 2 aromatic heterocycles. The Labute approximate surface area is 119 Å². The van der Waals surface area contributed by atoms with Gasteiger partial charge in [0.2, 0.25) is 0 Å². The number of hydrogen-bond acceptors (Lipinski definition) is 6. The third-order valence-corrected chi connectivity index (χ3v) is 3.28. The number of fused-ring (bicyclic) bond motifs is 1. The Bertz CT molecular complexity index is 563. The number of nitrogen functional groups attached to an aromatic ring is 1. The number of nitrogens with two attached hydrogens (primary N) is 1. The summed E-state index contributed by atoms with van der Waals surface area (Å²) in [7, 11) is 4.14. The van der Waals surface area contributed by atoms with Gasteiger partial charge < -0.3 is 19.6 Å². The molecule has 0 aliphatic heterocycles. The van der Waals surface area contributed by atoms with Crippen LogP contribution in [-0.2, 0) is 0 Å². The van der Waals surface area contributed by atoms with Crippen molar-refractivity contribution >= 4 is 17.3 Å². The molecule has 7 nitrogen and oxygen atoms in total. The van der Waals surface area contributed by atoms with Gasteiger partial charge in [0.25, 0.3) is 0 Å². The largest absolute Gasteiger partial charge is 0.350 e. The van der Waals surface area contributed by atoms with Crippen LogP contribution in [0.1, 0.15) is 13.8 Å². The highest BCUT2D eigenvalue weighted by atomic mass is 15.3. The first-order chi connectivity index (χ1) is 9.56. The molecule has 3 N–H and O–H groups in total. The molecule has 2 heterocycles. The van der Waals surface area contributed by atoms with Crippen LogP contribution in [-0.4, -0.2) is 52.5 Å². The number of rotatable bonds is 6. The van der Waals surface area contributed by atoms with E-state index in [2.05, 4.69) is 53.1 Å². The molecule has 0 aliphatic rings. The van der Waals surface area contributed by atoms with Crippen molar-refractivity contribution in [3.8, 4) is 0 Å². The Morgan fingerprint density at radius 1 is 1.45 bits per heavy atom. The SMILES string of the molecule is CCN(c1nc(NN)cn2ccnc12)C(C)CN(C)C. The van der Waals surface area contributed by atoms with Crippen molar-refractivity contribution in [1.29, 1.82) is 0 Å². The zero-order valence-corrected chi connectivity index (χ0v) is 12.5. The molecule has 0 bridgehead atoms. The van der Waals surface area contributed by atoms with Crippen LogP contribution >= 0.6 is 0 Å². The lowest BCUT2D eigenvalue weighted by Gasteiger charge is -2.31. The fourth-order valence-corrected chi connectivity index (χ4v) is 2.47. The third kappa shape index (κ3) is 2.83. The zero-order chi connectivity index (χ0) is 14.7. The van der Waals surface area contributed by atoms with E-state index in [4.69, 9.17) is 5.84 Å². The summed E-state index contributed by atoms with van der Waals surface area (Å²) in [4.78, 5) is 13.4. The van der Waals surface area contributed by atoms with E-state index < -0.39 is 0 Å². The van der Waals surface area contributed by atoms with Gasteiger partial charge in [-0.1, -0.05) is 0 Å². The normalized spacial score (nSPS) is 12.9. The van der Waals surface area contributed by atoms with Gasteiger partial charge in [-0.15, -0.1) is 0 Å². The average Bonchev–Trinajstić information content (AvgIpc) is 2.86. The number of nitrogens with zero attached hydrogens (tertiary/aromatic N) is 5. The lowest BCUT2D eigenvalue weighted by Crippen LogP contribution is -2.41. The zero-order valence-electron chi connectivity index (χ0n) is 12.5. The first kappa shape index (κ1) is 14.5. The monoisotopic (exact) mass is 277 g/mol. The van der Waals surface area contributed by atoms with E-state index in [1.165, 1.54) is 0 Å². The van der Waals surface area contributed by atoms with Gasteiger partial charge in [-0.3, -0.25) is 0 Å². The Balaban J connectivity index is 2.44. The van der Waals surface area contributed by atoms with Crippen LogP contribution in [0.5, 0.6) is 0 Å². The van der Waals surface area contributed by atoms with Gasteiger partial charge in [-0.25, -0.2) is 15.8 Å². The highest BCUT2D eigenvalue weighted by Gasteiger charge is 2.19. The molecule has 0 radical (unpaired) electrons. The summed E-state index contributed by atoms with van der Waals surface area (Å²) in [5.74, 6) is 6.98. The first-order valence-electron chi connectivity index (χ1n) is 6.78. The number of hydrazine groups is 1. The molecule has 0 amide bonds. The summed E-state index contributed by atoms with van der Waals surface area (Å²) in [5, 5.41) is 0. The van der Waals surface area contributed by atoms with Gasteiger partial charge in [0, 0.05) is 31.5 Å². The maximum absolute atomic E-state index is 5.50. The van der Waals surface area contributed by atoms with Crippen molar-refractivity contribution < 1.29 is 0 Å². The second-order valence-electron chi connectivity index (χ2n) is 5.15. The summed E-state index contributed by atoms with van der Waals surface area (Å²) in [6.07, 6.45) is 5.49. The van der Waals surface area contributed by atoms with E-state index in [1.54, 1.807) is 6.20 Å². The minimum atomic E-state index is 0.330. The average molecular weight is 277 g/mol. The molecule has 1 unspecified atom stereocenters. The quantitative estimate of drug-likeness (QED) is 0.601. The van der Waals surface area contributed by atoms with E-state index >= 15 is 0 Å². The molecular weight excluding hydrogens is 254 g/mol. The minimum Gasteiger partial charge on any atom is -0.350 e. The molecule has 0 spiro atoms. The molecule has 110 valence electrons. The fraction of sp³-hybridized carbons (Fsp3) is 0.538. The highest BCUT2D eigenvalue weighted by molar-refractivity contribution is 5.67. The molecule has 0 aromatic carbocycles. The van der Waals surface area contributed by atoms with Gasteiger partial charge in [0.15, 0.2) is 17.3 Å². The summed E-state index contributed by atoms with van der Waals surface area (Å²) < 4.78 is 1.93. The Hall–Kier alpha value is -1.86. The maximum Gasteiger partial charge on any atom is 0.180 e. The smallest absolute Gasteiger partial charge is 0.180 e. The van der Waals surface area contributed by atoms with Crippen LogP contribution in [0.2, 0.25) is 0 Å². The van der Waals surface area contributed by atoms with Gasteiger partial charge in [-0.05, 0) is 27.9 Å². The van der Waals surface area contributed by atoms with Crippen molar-refractivity contribution in [3.05, 3.63) is 18.6 Å². The number of likely N-dealkylation sites (N-methyl/N-ethyl adjacent to an activating group) is 2. The maximum atomic E-state index is 5.50. The van der Waals surface area contributed by atoms with Crippen LogP contribution in [0.15, 0.2) is 18.6 Å². The molecule has 0 aliphatic carbocycles. The standard InChI is InChI=1S/C13H23N7/c1-5-20(10(2)8-18(3)4)13-12-15-6-7-19(12)9-11(16-13)17-14/h6-7,9-10,17H,5,8,14H2,1-4H3. The lowest BCUT2D eigenvalue weighted by atomic mass is 10.2. The van der Waals surface area contributed by atoms with E-state index in [-0.39, 0.29) is 0 Å². The highest BCUT2D eigenvalue weighted by Crippen LogP contribution is 2.22. The first-order valence-corrected chi connectivity index (χ1v) is 6.78. The second kappa shape index (κ2) is 6.06. The van der Waals surface area contributed by atoms with Gasteiger partial charge in [-0.2, -0.15) is 0 Å². The van der Waals surface area contributed by atoms with Crippen molar-refractivity contribution in [2.75, 3.05) is 37.5 Å². The number of aromatic nitrogens is 3. The van der Waals surface area contributed by atoms with Gasteiger partial charge >= 0.3 is 0 Å². The number of anilines is 2. The van der Waals surface area contributed by atoms with E-state index in [0.717, 1.165) is 24.6 Å². The van der Waals surface area contributed by atoms with E-state index in [9.17, 15) is 0 Å². The van der Waals surface area contributed by atoms with Gasteiger partial charge in [0.1, 0.15) is 0 Å². The molecule has 2 aromatic rings. The Kier molecular flexibility index (Phi) is 4.41. The summed E-state index contributed by atoms with van der Waals surface area (Å²) in [6.45, 7) is 6.12. The molecule has 0 saturated carbocycles. The van der Waals surface area contributed by atoms with Crippen LogP contribution in [0.25, 0.3) is 5.65 Å². The Morgan fingerprint density at radius 2 is 2.20 bits per heavy atom. The van der Waals surface area contributed by atoms with Crippen LogP contribution < -0.4 is 16.2 Å². The van der Waals surface area contributed by atoms with Crippen LogP contribution in [0.4, 0.5) is 11.6 Å². The third-order valence-electron chi connectivity index (χ3n) is 3.28. The minimum absolute atomic E-state index is 0.330. The molecule has 0 fully saturated rings. The molecule has 7 heteroatoms. The predicted molar refractivity (Wildman–Crippen MR) is 81.8 cm³/mol. The van der Waals surface area contributed by atoms with Crippen molar-refractivity contribution in [2.24, 2.45) is 5.84 Å². The van der Waals surface area contributed by atoms with Gasteiger partial charge in [0.05, 0.1) is 6.20 Å². The molecular formula is C13H23N7. The summed E-state index contributed by atoms with van der Waals surface area (Å²) in [6, 6.07) is 0.330. The molecule has 0 saturated heterocycles. The van der Waals surface area contributed by atoms with Crippen molar-refractivity contribution in [3.63, 3.8) is 0 Å². The Morgan fingerprint density at radius 3 is 2.80 bits per heavy atom. The van der Waals surface area contributed by atoms with Crippen LogP contribution in [0, 0.1) is 0 Å². The van der Waals surface area contributed by atoms with Crippen molar-refractivity contribution in [1.82, 2.24) is 19.3 Å². The lowest BCUT2D eigenvalue weighted by molar-refractivity contribution is 0.372. The predicted octanol–water partition coefficient (Wildman–Crippen LogP) is 0.791. The number of hydrogen-bond donors (Lipinski definition) is 2. The van der Waals surface area contributed by atoms with Crippen molar-refractivity contribution in [2.45, 2.75) is 19.9 Å². The summed E-state index contributed by atoms with van der Waals surface area (Å²) >= 11 is 0. The second-order valence-corrected chi connectivity index (χ2v) is 5.15. The van der Waals surface area contributed by atoms with E-state index in [1.807, 2.05) is 16.8 Å². The topological polar surface area (TPSA) is 74.7 Å². The summed E-state index contributed by atoms with van der Waals surface area (Å²) in [5.41, 5.74) is 3.46. The van der Waals surface area contributed by atoms with E-state index in [0.29, 0.717) is 11.9 Å². The molecule has 20 heavy (non-hydrogen) atoms. The molecule has 2 rings (SSSR count). The molecule has 1 atom stereocenters.